The van der Waals surface area contributed by atoms with Gasteiger partial charge < -0.3 is 0 Å². The molecule has 3 aromatic carbocycles. The number of hydrogen-bond acceptors (Lipinski definition) is 4. The first-order valence-electron chi connectivity index (χ1n) is 10.0. The molecule has 0 saturated carbocycles. The smallest absolute Gasteiger partial charge is 0.267 e. The molecule has 0 unspecified atom stereocenters. The van der Waals surface area contributed by atoms with Gasteiger partial charge in [0, 0.05) is 23.6 Å². The van der Waals surface area contributed by atoms with Crippen LogP contribution in [0.15, 0.2) is 95.1 Å². The summed E-state index contributed by atoms with van der Waals surface area (Å²) in [5.74, 6) is -0.860. The van der Waals surface area contributed by atoms with Crippen molar-refractivity contribution in [3.05, 3.63) is 102 Å². The summed E-state index contributed by atoms with van der Waals surface area (Å²) < 4.78 is 41.0. The molecule has 0 radical (unpaired) electrons. The normalized spacial score (nSPS) is 14.0. The minimum absolute atomic E-state index is 0.202. The Bertz CT molecular complexity index is 1480. The lowest BCUT2D eigenvalue weighted by Gasteiger charge is -2.11. The van der Waals surface area contributed by atoms with Gasteiger partial charge in [-0.15, -0.1) is 0 Å². The maximum absolute atomic E-state index is 13.5. The number of carbonyl (C=O) groups is 1. The molecular formula is C24H18FN3O3S. The van der Waals surface area contributed by atoms with Crippen molar-refractivity contribution in [2.75, 3.05) is 6.54 Å². The number of carbonyl (C=O) groups excluding carboxylic acids is 1. The Morgan fingerprint density at radius 3 is 2.53 bits per heavy atom. The van der Waals surface area contributed by atoms with Crippen molar-refractivity contribution in [3.8, 4) is 0 Å². The molecule has 1 aliphatic rings. The molecule has 1 aromatic heterocycles. The van der Waals surface area contributed by atoms with Gasteiger partial charge in [0.05, 0.1) is 22.7 Å². The second-order valence-electron chi connectivity index (χ2n) is 7.44. The molecule has 160 valence electrons. The van der Waals surface area contributed by atoms with Crippen molar-refractivity contribution < 1.29 is 17.6 Å². The molecule has 5 rings (SSSR count). The zero-order valence-corrected chi connectivity index (χ0v) is 17.7. The number of halogens is 1. The Balaban J connectivity index is 1.50. The Labute approximate surface area is 184 Å². The number of nitrogens with zero attached hydrogens (tertiary/aromatic N) is 3. The first-order chi connectivity index (χ1) is 15.4. The van der Waals surface area contributed by atoms with E-state index in [9.17, 15) is 17.6 Å². The fraction of sp³-hybridized carbons (Fsp3) is 0.0833. The van der Waals surface area contributed by atoms with Crippen molar-refractivity contribution in [2.24, 2.45) is 5.10 Å². The molecule has 8 heteroatoms. The molecule has 0 fully saturated rings. The van der Waals surface area contributed by atoms with Crippen molar-refractivity contribution >= 4 is 32.5 Å². The van der Waals surface area contributed by atoms with Crippen molar-refractivity contribution in [2.45, 2.75) is 11.3 Å². The minimum atomic E-state index is -3.75. The van der Waals surface area contributed by atoms with Crippen LogP contribution in [0.4, 0.5) is 4.39 Å². The van der Waals surface area contributed by atoms with E-state index in [0.717, 1.165) is 10.9 Å². The molecular weight excluding hydrogens is 429 g/mol. The van der Waals surface area contributed by atoms with Crippen LogP contribution >= 0.6 is 0 Å². The molecule has 0 aliphatic carbocycles. The first-order valence-corrected chi connectivity index (χ1v) is 11.4. The Morgan fingerprint density at radius 1 is 0.938 bits per heavy atom. The van der Waals surface area contributed by atoms with Crippen LogP contribution in [-0.4, -0.2) is 35.6 Å². The summed E-state index contributed by atoms with van der Waals surface area (Å²) in [7, 11) is -3.75. The van der Waals surface area contributed by atoms with Gasteiger partial charge in [-0.3, -0.25) is 4.79 Å². The highest BCUT2D eigenvalue weighted by atomic mass is 32.2. The Morgan fingerprint density at radius 2 is 1.75 bits per heavy atom. The lowest BCUT2D eigenvalue weighted by molar-refractivity contribution is 0.0778. The maximum Gasteiger partial charge on any atom is 0.274 e. The van der Waals surface area contributed by atoms with E-state index in [0.29, 0.717) is 24.2 Å². The second kappa shape index (κ2) is 7.72. The van der Waals surface area contributed by atoms with E-state index in [1.807, 2.05) is 12.1 Å². The van der Waals surface area contributed by atoms with Crippen LogP contribution in [0.2, 0.25) is 0 Å². The number of hydrazone groups is 1. The summed E-state index contributed by atoms with van der Waals surface area (Å²) in [6.45, 7) is 0.367. The van der Waals surface area contributed by atoms with Crippen LogP contribution in [0.5, 0.6) is 0 Å². The van der Waals surface area contributed by atoms with Gasteiger partial charge in [0.15, 0.2) is 0 Å². The number of amides is 1. The number of aromatic nitrogens is 1. The molecule has 6 nitrogen and oxygen atoms in total. The number of hydrogen-bond donors (Lipinski definition) is 0. The number of benzene rings is 3. The summed E-state index contributed by atoms with van der Waals surface area (Å²) in [4.78, 5) is 12.9. The summed E-state index contributed by atoms with van der Waals surface area (Å²) >= 11 is 0. The highest BCUT2D eigenvalue weighted by Gasteiger charge is 2.24. The lowest BCUT2D eigenvalue weighted by atomic mass is 10.1. The summed E-state index contributed by atoms with van der Waals surface area (Å²) in [6, 6.07) is 20.9. The van der Waals surface area contributed by atoms with Gasteiger partial charge in [-0.2, -0.15) is 5.10 Å². The largest absolute Gasteiger partial charge is 0.274 e. The van der Waals surface area contributed by atoms with Gasteiger partial charge in [0.2, 0.25) is 0 Å². The molecule has 0 saturated heterocycles. The third-order valence-electron chi connectivity index (χ3n) is 5.40. The maximum atomic E-state index is 13.5. The molecule has 0 N–H and O–H groups in total. The van der Waals surface area contributed by atoms with Crippen molar-refractivity contribution in [1.82, 2.24) is 8.98 Å². The van der Waals surface area contributed by atoms with Gasteiger partial charge in [0.25, 0.3) is 15.9 Å². The summed E-state index contributed by atoms with van der Waals surface area (Å²) in [6.07, 6.45) is 2.05. The number of rotatable bonds is 4. The van der Waals surface area contributed by atoms with Gasteiger partial charge in [-0.05, 0) is 48.0 Å². The predicted octanol–water partition coefficient (Wildman–Crippen LogP) is 4.27. The van der Waals surface area contributed by atoms with Crippen LogP contribution in [0.1, 0.15) is 22.3 Å². The quantitative estimate of drug-likeness (QED) is 0.469. The predicted molar refractivity (Wildman–Crippen MR) is 120 cm³/mol. The van der Waals surface area contributed by atoms with Crippen LogP contribution in [0.25, 0.3) is 10.9 Å². The average molecular weight is 447 g/mol. The Hall–Kier alpha value is -3.78. The highest BCUT2D eigenvalue weighted by Crippen LogP contribution is 2.25. The van der Waals surface area contributed by atoms with Gasteiger partial charge in [-0.1, -0.05) is 36.4 Å². The zero-order valence-electron chi connectivity index (χ0n) is 16.8. The van der Waals surface area contributed by atoms with E-state index in [4.69, 9.17) is 0 Å². The van der Waals surface area contributed by atoms with Gasteiger partial charge in [-0.25, -0.2) is 21.8 Å². The molecule has 1 aliphatic heterocycles. The molecule has 4 aromatic rings. The second-order valence-corrected chi connectivity index (χ2v) is 9.25. The average Bonchev–Trinajstić information content (AvgIpc) is 3.46. The third-order valence-corrected chi connectivity index (χ3v) is 7.10. The van der Waals surface area contributed by atoms with Crippen LogP contribution in [0.3, 0.4) is 0 Å². The van der Waals surface area contributed by atoms with Gasteiger partial charge in [0.1, 0.15) is 5.82 Å². The van der Waals surface area contributed by atoms with Crippen molar-refractivity contribution in [1.29, 1.82) is 0 Å². The van der Waals surface area contributed by atoms with Crippen LogP contribution in [0, 0.1) is 5.82 Å². The topological polar surface area (TPSA) is 71.7 Å². The monoisotopic (exact) mass is 447 g/mol. The lowest BCUT2D eigenvalue weighted by Crippen LogP contribution is -2.23. The molecule has 32 heavy (non-hydrogen) atoms. The Kier molecular flexibility index (Phi) is 4.86. The van der Waals surface area contributed by atoms with E-state index in [1.165, 1.54) is 33.4 Å². The van der Waals surface area contributed by atoms with E-state index >= 15 is 0 Å². The van der Waals surface area contributed by atoms with E-state index in [2.05, 4.69) is 5.10 Å². The highest BCUT2D eigenvalue weighted by molar-refractivity contribution is 7.90. The first kappa shape index (κ1) is 20.1. The summed E-state index contributed by atoms with van der Waals surface area (Å²) in [5, 5.41) is 6.52. The fourth-order valence-electron chi connectivity index (χ4n) is 3.78. The van der Waals surface area contributed by atoms with Crippen molar-refractivity contribution in [3.63, 3.8) is 0 Å². The zero-order chi connectivity index (χ0) is 22.3. The molecule has 0 spiro atoms. The standard InChI is InChI=1S/C24H18FN3O3S/c25-20-6-4-5-19(15-20)24(29)27-13-12-22(26-27)18-10-9-17-11-14-28(23(17)16-18)32(30,31)21-7-2-1-3-8-21/h1-11,14-16H,12-13H2. The van der Waals surface area contributed by atoms with E-state index in [1.54, 1.807) is 48.5 Å². The van der Waals surface area contributed by atoms with Crippen LogP contribution in [-0.2, 0) is 10.0 Å². The minimum Gasteiger partial charge on any atom is -0.267 e. The van der Waals surface area contributed by atoms with Crippen LogP contribution < -0.4 is 0 Å². The fourth-order valence-corrected chi connectivity index (χ4v) is 5.14. The molecule has 2 heterocycles. The SMILES string of the molecule is O=C(c1cccc(F)c1)N1CCC(c2ccc3ccn(S(=O)(=O)c4ccccc4)c3c2)=N1. The summed E-state index contributed by atoms with van der Waals surface area (Å²) in [5.41, 5.74) is 2.16. The van der Waals surface area contributed by atoms with E-state index < -0.39 is 15.8 Å². The number of fused-ring (bicyclic) bond motifs is 1. The molecule has 0 atom stereocenters. The van der Waals surface area contributed by atoms with E-state index in [-0.39, 0.29) is 16.4 Å². The van der Waals surface area contributed by atoms with Gasteiger partial charge >= 0.3 is 0 Å². The molecule has 1 amide bonds. The third kappa shape index (κ3) is 3.48. The molecule has 0 bridgehead atoms.